The van der Waals surface area contributed by atoms with Gasteiger partial charge in [0.25, 0.3) is 0 Å². The Hall–Kier alpha value is -1.06. The summed E-state index contributed by atoms with van der Waals surface area (Å²) in [6, 6.07) is 6.93. The van der Waals surface area contributed by atoms with Gasteiger partial charge in [-0.2, -0.15) is 0 Å². The summed E-state index contributed by atoms with van der Waals surface area (Å²) < 4.78 is 5.75. The van der Waals surface area contributed by atoms with Crippen LogP contribution in [0, 0.1) is 6.92 Å². The summed E-state index contributed by atoms with van der Waals surface area (Å²) in [6.07, 6.45) is 2.70. The lowest BCUT2D eigenvalue weighted by Gasteiger charge is -2.16. The molecule has 1 fully saturated rings. The Bertz CT molecular complexity index is 374. The van der Waals surface area contributed by atoms with E-state index in [9.17, 15) is 0 Å². The molecule has 0 atom stereocenters. The zero-order valence-corrected chi connectivity index (χ0v) is 10.8. The molecule has 0 amide bonds. The van der Waals surface area contributed by atoms with Gasteiger partial charge in [0.15, 0.2) is 0 Å². The first-order valence-corrected chi connectivity index (χ1v) is 6.33. The minimum Gasteiger partial charge on any atom is -0.492 e. The van der Waals surface area contributed by atoms with Crippen LogP contribution in [-0.2, 0) is 6.54 Å². The molecule has 94 valence electrons. The molecule has 0 heterocycles. The minimum absolute atomic E-state index is 0.594. The molecule has 0 unspecified atom stereocenters. The molecule has 0 saturated heterocycles. The van der Waals surface area contributed by atoms with Crippen LogP contribution in [0.25, 0.3) is 0 Å². The van der Waals surface area contributed by atoms with Gasteiger partial charge in [0.05, 0.1) is 0 Å². The third kappa shape index (κ3) is 3.45. The summed E-state index contributed by atoms with van der Waals surface area (Å²) in [5, 5.41) is 0. The fourth-order valence-electron chi connectivity index (χ4n) is 1.99. The molecule has 1 aliphatic rings. The Balaban J connectivity index is 1.80. The van der Waals surface area contributed by atoms with Gasteiger partial charge in [-0.3, -0.25) is 0 Å². The standard InChI is InChI=1S/C14H22N2O/c1-11-9-14(6-3-12(11)10-15)17-8-7-16(2)13-4-5-13/h3,6,9,13H,4-5,7-8,10,15H2,1-2H3. The number of nitrogens with zero attached hydrogens (tertiary/aromatic N) is 1. The summed E-state index contributed by atoms with van der Waals surface area (Å²) in [4.78, 5) is 2.38. The number of aryl methyl sites for hydroxylation is 1. The van der Waals surface area contributed by atoms with Crippen LogP contribution in [0.2, 0.25) is 0 Å². The second-order valence-electron chi connectivity index (χ2n) is 4.85. The van der Waals surface area contributed by atoms with Crippen molar-refractivity contribution in [2.45, 2.75) is 32.4 Å². The summed E-state index contributed by atoms with van der Waals surface area (Å²) in [7, 11) is 2.17. The number of hydrogen-bond donors (Lipinski definition) is 1. The fraction of sp³-hybridized carbons (Fsp3) is 0.571. The number of likely N-dealkylation sites (N-methyl/N-ethyl adjacent to an activating group) is 1. The molecule has 2 rings (SSSR count). The van der Waals surface area contributed by atoms with E-state index >= 15 is 0 Å². The maximum absolute atomic E-state index is 5.75. The van der Waals surface area contributed by atoms with Gasteiger partial charge in [0.2, 0.25) is 0 Å². The number of nitrogens with two attached hydrogens (primary N) is 1. The normalized spacial score (nSPS) is 15.3. The monoisotopic (exact) mass is 234 g/mol. The van der Waals surface area contributed by atoms with E-state index in [0.29, 0.717) is 6.54 Å². The summed E-state index contributed by atoms with van der Waals surface area (Å²) in [6.45, 7) is 4.43. The van der Waals surface area contributed by atoms with Crippen molar-refractivity contribution in [3.05, 3.63) is 29.3 Å². The van der Waals surface area contributed by atoms with Crippen LogP contribution >= 0.6 is 0 Å². The highest BCUT2D eigenvalue weighted by Crippen LogP contribution is 2.25. The van der Waals surface area contributed by atoms with E-state index in [1.165, 1.54) is 24.0 Å². The summed E-state index contributed by atoms with van der Waals surface area (Å²) in [5.74, 6) is 0.948. The maximum Gasteiger partial charge on any atom is 0.119 e. The van der Waals surface area contributed by atoms with Crippen molar-refractivity contribution in [2.75, 3.05) is 20.2 Å². The predicted molar refractivity (Wildman–Crippen MR) is 70.2 cm³/mol. The van der Waals surface area contributed by atoms with Gasteiger partial charge < -0.3 is 15.4 Å². The molecule has 0 radical (unpaired) electrons. The topological polar surface area (TPSA) is 38.5 Å². The van der Waals surface area contributed by atoms with E-state index in [1.54, 1.807) is 0 Å². The Morgan fingerprint density at radius 1 is 1.41 bits per heavy atom. The van der Waals surface area contributed by atoms with Crippen molar-refractivity contribution in [2.24, 2.45) is 5.73 Å². The zero-order valence-electron chi connectivity index (χ0n) is 10.8. The average Bonchev–Trinajstić information content (AvgIpc) is 3.13. The van der Waals surface area contributed by atoms with E-state index in [-0.39, 0.29) is 0 Å². The molecule has 0 bridgehead atoms. The first kappa shape index (κ1) is 12.4. The first-order chi connectivity index (χ1) is 8.20. The van der Waals surface area contributed by atoms with E-state index < -0.39 is 0 Å². The van der Waals surface area contributed by atoms with Gasteiger partial charge in [0, 0.05) is 19.1 Å². The van der Waals surface area contributed by atoms with Crippen molar-refractivity contribution in [3.63, 3.8) is 0 Å². The lowest BCUT2D eigenvalue weighted by molar-refractivity contribution is 0.232. The van der Waals surface area contributed by atoms with Crippen molar-refractivity contribution in [1.29, 1.82) is 0 Å². The van der Waals surface area contributed by atoms with Crippen molar-refractivity contribution in [1.82, 2.24) is 4.90 Å². The Kier molecular flexibility index (Phi) is 4.02. The third-order valence-electron chi connectivity index (χ3n) is 3.42. The average molecular weight is 234 g/mol. The number of benzene rings is 1. The molecule has 0 aromatic heterocycles. The molecule has 3 heteroatoms. The van der Waals surface area contributed by atoms with Gasteiger partial charge in [-0.05, 0) is 50.1 Å². The molecular formula is C14H22N2O. The maximum atomic E-state index is 5.75. The molecular weight excluding hydrogens is 212 g/mol. The Labute approximate surface area is 104 Å². The number of ether oxygens (including phenoxy) is 1. The molecule has 0 aliphatic heterocycles. The predicted octanol–water partition coefficient (Wildman–Crippen LogP) is 1.93. The lowest BCUT2D eigenvalue weighted by atomic mass is 10.1. The quantitative estimate of drug-likeness (QED) is 0.817. The smallest absolute Gasteiger partial charge is 0.119 e. The van der Waals surface area contributed by atoms with Crippen LogP contribution in [0.1, 0.15) is 24.0 Å². The highest BCUT2D eigenvalue weighted by molar-refractivity contribution is 5.34. The van der Waals surface area contributed by atoms with Crippen LogP contribution in [0.5, 0.6) is 5.75 Å². The van der Waals surface area contributed by atoms with Gasteiger partial charge in [-0.15, -0.1) is 0 Å². The van der Waals surface area contributed by atoms with Crippen LogP contribution in [0.15, 0.2) is 18.2 Å². The van der Waals surface area contributed by atoms with Crippen LogP contribution in [0.3, 0.4) is 0 Å². The summed E-state index contributed by atoms with van der Waals surface area (Å²) >= 11 is 0. The second-order valence-corrected chi connectivity index (χ2v) is 4.85. The number of rotatable bonds is 6. The van der Waals surface area contributed by atoms with Crippen molar-refractivity contribution in [3.8, 4) is 5.75 Å². The van der Waals surface area contributed by atoms with E-state index in [1.807, 2.05) is 6.07 Å². The van der Waals surface area contributed by atoms with Crippen LogP contribution in [0.4, 0.5) is 0 Å². The minimum atomic E-state index is 0.594. The van der Waals surface area contributed by atoms with E-state index in [4.69, 9.17) is 10.5 Å². The Morgan fingerprint density at radius 3 is 2.76 bits per heavy atom. The van der Waals surface area contributed by atoms with Crippen molar-refractivity contribution < 1.29 is 4.74 Å². The van der Waals surface area contributed by atoms with Gasteiger partial charge in [0.1, 0.15) is 12.4 Å². The molecule has 3 nitrogen and oxygen atoms in total. The van der Waals surface area contributed by atoms with Crippen LogP contribution in [-0.4, -0.2) is 31.1 Å². The molecule has 1 saturated carbocycles. The fourth-order valence-corrected chi connectivity index (χ4v) is 1.99. The molecule has 0 spiro atoms. The molecule has 1 aromatic rings. The van der Waals surface area contributed by atoms with Gasteiger partial charge in [-0.25, -0.2) is 0 Å². The molecule has 1 aliphatic carbocycles. The molecule has 1 aromatic carbocycles. The first-order valence-electron chi connectivity index (χ1n) is 6.33. The molecule has 17 heavy (non-hydrogen) atoms. The highest BCUT2D eigenvalue weighted by atomic mass is 16.5. The van der Waals surface area contributed by atoms with Crippen molar-refractivity contribution >= 4 is 0 Å². The number of hydrogen-bond acceptors (Lipinski definition) is 3. The van der Waals surface area contributed by atoms with E-state index in [2.05, 4.69) is 31.0 Å². The second kappa shape index (κ2) is 5.52. The Morgan fingerprint density at radius 2 is 2.18 bits per heavy atom. The van der Waals surface area contributed by atoms with Gasteiger partial charge in [-0.1, -0.05) is 6.07 Å². The molecule has 2 N–H and O–H groups in total. The van der Waals surface area contributed by atoms with Crippen LogP contribution < -0.4 is 10.5 Å². The zero-order chi connectivity index (χ0) is 12.3. The summed E-state index contributed by atoms with van der Waals surface area (Å²) in [5.41, 5.74) is 8.03. The largest absolute Gasteiger partial charge is 0.492 e. The van der Waals surface area contributed by atoms with Gasteiger partial charge >= 0.3 is 0 Å². The highest BCUT2D eigenvalue weighted by Gasteiger charge is 2.25. The lowest BCUT2D eigenvalue weighted by Crippen LogP contribution is -2.26. The SMILES string of the molecule is Cc1cc(OCCN(C)C2CC2)ccc1CN. The van der Waals surface area contributed by atoms with E-state index in [0.717, 1.165) is 24.9 Å². The third-order valence-corrected chi connectivity index (χ3v) is 3.42.